The van der Waals surface area contributed by atoms with E-state index in [-0.39, 0.29) is 5.38 Å². The van der Waals surface area contributed by atoms with E-state index in [1.807, 2.05) is 12.1 Å². The first kappa shape index (κ1) is 12.0. The quantitative estimate of drug-likeness (QED) is 0.515. The van der Waals surface area contributed by atoms with Crippen LogP contribution >= 0.6 is 23.2 Å². The molecule has 0 N–H and O–H groups in total. The molecular formula is C14H16Cl2. The van der Waals surface area contributed by atoms with Crippen molar-refractivity contribution in [2.75, 3.05) is 0 Å². The molecule has 16 heavy (non-hydrogen) atoms. The molecule has 1 aromatic carbocycles. The number of benzene rings is 1. The minimum atomic E-state index is 0.227. The van der Waals surface area contributed by atoms with Crippen molar-refractivity contribution in [2.45, 2.75) is 37.5 Å². The van der Waals surface area contributed by atoms with Gasteiger partial charge in [-0.15, -0.1) is 11.6 Å². The van der Waals surface area contributed by atoms with Crippen LogP contribution in [-0.4, -0.2) is 5.38 Å². The number of halogens is 2. The lowest BCUT2D eigenvalue weighted by Crippen LogP contribution is -1.94. The van der Waals surface area contributed by atoms with Crippen LogP contribution in [0.5, 0.6) is 0 Å². The van der Waals surface area contributed by atoms with Gasteiger partial charge < -0.3 is 0 Å². The highest BCUT2D eigenvalue weighted by molar-refractivity contribution is 6.30. The van der Waals surface area contributed by atoms with Gasteiger partial charge in [0.05, 0.1) is 5.38 Å². The van der Waals surface area contributed by atoms with Crippen molar-refractivity contribution in [1.29, 1.82) is 0 Å². The average Bonchev–Trinajstić information content (AvgIpc) is 2.46. The molecule has 0 spiro atoms. The first-order chi connectivity index (χ1) is 7.74. The lowest BCUT2D eigenvalue weighted by molar-refractivity contribution is 0.710. The maximum absolute atomic E-state index is 6.21. The summed E-state index contributed by atoms with van der Waals surface area (Å²) in [5.74, 6) is 0. The molecule has 86 valence electrons. The van der Waals surface area contributed by atoms with Gasteiger partial charge in [-0.1, -0.05) is 41.8 Å². The van der Waals surface area contributed by atoms with Gasteiger partial charge in [-0.3, -0.25) is 0 Å². The zero-order valence-electron chi connectivity index (χ0n) is 9.26. The van der Waals surface area contributed by atoms with Crippen LogP contribution in [0.1, 0.15) is 31.2 Å². The van der Waals surface area contributed by atoms with Gasteiger partial charge >= 0.3 is 0 Å². The number of allylic oxidation sites excluding steroid dienone is 2. The van der Waals surface area contributed by atoms with E-state index < -0.39 is 0 Å². The van der Waals surface area contributed by atoms with Crippen LogP contribution in [0.2, 0.25) is 5.02 Å². The molecule has 0 bridgehead atoms. The van der Waals surface area contributed by atoms with Crippen LogP contribution in [-0.2, 0) is 6.42 Å². The lowest BCUT2D eigenvalue weighted by Gasteiger charge is -2.06. The Labute approximate surface area is 107 Å². The fraction of sp³-hybridized carbons (Fsp3) is 0.429. The van der Waals surface area contributed by atoms with Crippen molar-refractivity contribution in [2.24, 2.45) is 0 Å². The molecular weight excluding hydrogens is 239 g/mol. The van der Waals surface area contributed by atoms with E-state index >= 15 is 0 Å². The van der Waals surface area contributed by atoms with Crippen LogP contribution in [0, 0.1) is 0 Å². The highest BCUT2D eigenvalue weighted by atomic mass is 35.5. The molecule has 0 heterocycles. The molecule has 0 aromatic heterocycles. The Morgan fingerprint density at radius 1 is 1.12 bits per heavy atom. The third-order valence-corrected chi connectivity index (χ3v) is 3.58. The van der Waals surface area contributed by atoms with Crippen LogP contribution in [0.4, 0.5) is 0 Å². The Kier molecular flexibility index (Phi) is 4.31. The highest BCUT2D eigenvalue weighted by Crippen LogP contribution is 2.24. The molecule has 0 radical (unpaired) electrons. The summed E-state index contributed by atoms with van der Waals surface area (Å²) >= 11 is 12.1. The maximum atomic E-state index is 6.21. The summed E-state index contributed by atoms with van der Waals surface area (Å²) in [6.07, 6.45) is 8.07. The van der Waals surface area contributed by atoms with Crippen molar-refractivity contribution in [3.63, 3.8) is 0 Å². The molecule has 0 aliphatic heterocycles. The van der Waals surface area contributed by atoms with Crippen molar-refractivity contribution in [3.05, 3.63) is 46.5 Å². The van der Waals surface area contributed by atoms with Gasteiger partial charge in [0, 0.05) is 5.02 Å². The second-order valence-electron chi connectivity index (χ2n) is 4.39. The Bertz CT molecular complexity index is 365. The number of hydrogen-bond acceptors (Lipinski definition) is 0. The van der Waals surface area contributed by atoms with Crippen molar-refractivity contribution in [3.8, 4) is 0 Å². The predicted octanol–water partition coefficient (Wildman–Crippen LogP) is 4.99. The third-order valence-electron chi connectivity index (χ3n) is 2.99. The van der Waals surface area contributed by atoms with E-state index in [0.29, 0.717) is 0 Å². The number of rotatable bonds is 2. The van der Waals surface area contributed by atoms with Crippen LogP contribution < -0.4 is 0 Å². The molecule has 1 aliphatic carbocycles. The van der Waals surface area contributed by atoms with Crippen LogP contribution in [0.3, 0.4) is 0 Å². The van der Waals surface area contributed by atoms with E-state index in [0.717, 1.165) is 17.9 Å². The Morgan fingerprint density at radius 2 is 1.88 bits per heavy atom. The second-order valence-corrected chi connectivity index (χ2v) is 5.39. The molecule has 0 amide bonds. The van der Waals surface area contributed by atoms with E-state index in [1.165, 1.54) is 30.4 Å². The molecule has 1 unspecified atom stereocenters. The zero-order chi connectivity index (χ0) is 11.4. The molecule has 2 heteroatoms. The van der Waals surface area contributed by atoms with Crippen molar-refractivity contribution >= 4 is 23.2 Å². The standard InChI is InChI=1S/C14H16Cl2/c15-13-7-5-11(6-8-13)9-12-3-1-2-4-14(16)10-12/h5-8,10,14H,1-4,9H2. The fourth-order valence-electron chi connectivity index (χ4n) is 2.13. The summed E-state index contributed by atoms with van der Waals surface area (Å²) < 4.78 is 0. The van der Waals surface area contributed by atoms with Gasteiger partial charge in [-0.25, -0.2) is 0 Å². The molecule has 0 saturated heterocycles. The van der Waals surface area contributed by atoms with Gasteiger partial charge in [0.25, 0.3) is 0 Å². The minimum Gasteiger partial charge on any atom is -0.118 e. The molecule has 1 aromatic rings. The van der Waals surface area contributed by atoms with Gasteiger partial charge in [0.15, 0.2) is 0 Å². The Morgan fingerprint density at radius 3 is 2.62 bits per heavy atom. The van der Waals surface area contributed by atoms with E-state index in [4.69, 9.17) is 23.2 Å². The summed E-state index contributed by atoms with van der Waals surface area (Å²) in [5.41, 5.74) is 2.79. The van der Waals surface area contributed by atoms with Gasteiger partial charge in [0.1, 0.15) is 0 Å². The predicted molar refractivity (Wildman–Crippen MR) is 71.3 cm³/mol. The summed E-state index contributed by atoms with van der Waals surface area (Å²) in [5, 5.41) is 1.03. The van der Waals surface area contributed by atoms with E-state index in [9.17, 15) is 0 Å². The van der Waals surface area contributed by atoms with Crippen LogP contribution in [0.15, 0.2) is 35.9 Å². The topological polar surface area (TPSA) is 0 Å². The Hall–Kier alpha value is -0.460. The zero-order valence-corrected chi connectivity index (χ0v) is 10.8. The molecule has 2 rings (SSSR count). The summed E-state index contributed by atoms with van der Waals surface area (Å²) in [6.45, 7) is 0. The smallest absolute Gasteiger partial charge is 0.0518 e. The second kappa shape index (κ2) is 5.75. The van der Waals surface area contributed by atoms with Crippen molar-refractivity contribution in [1.82, 2.24) is 0 Å². The summed E-state index contributed by atoms with van der Waals surface area (Å²) in [6, 6.07) is 8.09. The SMILES string of the molecule is Clc1ccc(CC2=CC(Cl)CCCC2)cc1. The van der Waals surface area contributed by atoms with E-state index in [2.05, 4.69) is 18.2 Å². The van der Waals surface area contributed by atoms with Crippen molar-refractivity contribution < 1.29 is 0 Å². The van der Waals surface area contributed by atoms with Gasteiger partial charge in [-0.05, 0) is 43.4 Å². The third kappa shape index (κ3) is 3.54. The minimum absolute atomic E-state index is 0.227. The number of hydrogen-bond donors (Lipinski definition) is 0. The lowest BCUT2D eigenvalue weighted by atomic mass is 10.0. The Balaban J connectivity index is 2.05. The average molecular weight is 255 g/mol. The monoisotopic (exact) mass is 254 g/mol. The first-order valence-corrected chi connectivity index (χ1v) is 6.63. The molecule has 1 aliphatic rings. The summed E-state index contributed by atoms with van der Waals surface area (Å²) in [4.78, 5) is 0. The van der Waals surface area contributed by atoms with Gasteiger partial charge in [0.2, 0.25) is 0 Å². The summed E-state index contributed by atoms with van der Waals surface area (Å²) in [7, 11) is 0. The normalized spacial score (nSPS) is 21.4. The van der Waals surface area contributed by atoms with Gasteiger partial charge in [-0.2, -0.15) is 0 Å². The molecule has 0 fully saturated rings. The van der Waals surface area contributed by atoms with Crippen LogP contribution in [0.25, 0.3) is 0 Å². The highest BCUT2D eigenvalue weighted by Gasteiger charge is 2.09. The molecule has 0 saturated carbocycles. The molecule has 0 nitrogen and oxygen atoms in total. The fourth-order valence-corrected chi connectivity index (χ4v) is 2.58. The first-order valence-electron chi connectivity index (χ1n) is 5.82. The van der Waals surface area contributed by atoms with E-state index in [1.54, 1.807) is 0 Å². The molecule has 1 atom stereocenters. The number of alkyl halides is 1. The maximum Gasteiger partial charge on any atom is 0.0518 e. The largest absolute Gasteiger partial charge is 0.118 e.